The van der Waals surface area contributed by atoms with Crippen molar-refractivity contribution in [3.05, 3.63) is 34.4 Å². The van der Waals surface area contributed by atoms with E-state index in [1.54, 1.807) is 12.1 Å². The fourth-order valence-corrected chi connectivity index (χ4v) is 3.33. The standard InChI is InChI=1S/C17H24N4O4/c1-13(16-3-2-12-25-16)18-17(22)20-10-8-19(9-11-20)14-4-6-15(7-5-14)21(23)24/h4-7,13,16H,2-3,8-12H2,1H3,(H,18,22)/t13-,16-/m0/s1. The zero-order valence-corrected chi connectivity index (χ0v) is 14.4. The number of benzene rings is 1. The fraction of sp³-hybridized carbons (Fsp3) is 0.588. The largest absolute Gasteiger partial charge is 0.376 e. The van der Waals surface area contributed by atoms with Crippen molar-refractivity contribution in [3.8, 4) is 0 Å². The lowest BCUT2D eigenvalue weighted by Gasteiger charge is -2.36. The van der Waals surface area contributed by atoms with Crippen LogP contribution in [0.4, 0.5) is 16.2 Å². The zero-order valence-electron chi connectivity index (χ0n) is 14.4. The van der Waals surface area contributed by atoms with Crippen molar-refractivity contribution >= 4 is 17.4 Å². The van der Waals surface area contributed by atoms with Crippen molar-refractivity contribution in [1.82, 2.24) is 10.2 Å². The molecule has 1 N–H and O–H groups in total. The molecule has 2 fully saturated rings. The normalized spacial score (nSPS) is 21.9. The Balaban J connectivity index is 1.49. The van der Waals surface area contributed by atoms with E-state index in [1.807, 2.05) is 11.8 Å². The summed E-state index contributed by atoms with van der Waals surface area (Å²) in [7, 11) is 0. The third kappa shape index (κ3) is 4.19. The molecule has 3 rings (SSSR count). The van der Waals surface area contributed by atoms with Crippen LogP contribution in [0.1, 0.15) is 19.8 Å². The van der Waals surface area contributed by atoms with Crippen molar-refractivity contribution in [2.24, 2.45) is 0 Å². The summed E-state index contributed by atoms with van der Waals surface area (Å²) in [5.74, 6) is 0. The molecule has 2 heterocycles. The fourth-order valence-electron chi connectivity index (χ4n) is 3.33. The summed E-state index contributed by atoms with van der Waals surface area (Å²) in [6.45, 7) is 5.43. The molecule has 0 radical (unpaired) electrons. The van der Waals surface area contributed by atoms with E-state index in [9.17, 15) is 14.9 Å². The molecule has 2 saturated heterocycles. The van der Waals surface area contributed by atoms with Gasteiger partial charge in [0.25, 0.3) is 5.69 Å². The maximum Gasteiger partial charge on any atom is 0.317 e. The van der Waals surface area contributed by atoms with Gasteiger partial charge in [0.1, 0.15) is 0 Å². The highest BCUT2D eigenvalue weighted by molar-refractivity contribution is 5.75. The van der Waals surface area contributed by atoms with Crippen molar-refractivity contribution < 1.29 is 14.5 Å². The molecule has 1 aromatic rings. The number of non-ortho nitro benzene ring substituents is 1. The van der Waals surface area contributed by atoms with Gasteiger partial charge in [0.05, 0.1) is 17.1 Å². The molecule has 1 aromatic carbocycles. The van der Waals surface area contributed by atoms with E-state index in [0.29, 0.717) is 26.2 Å². The molecule has 136 valence electrons. The number of piperazine rings is 1. The van der Waals surface area contributed by atoms with Crippen LogP contribution in [0.5, 0.6) is 0 Å². The summed E-state index contributed by atoms with van der Waals surface area (Å²) in [6.07, 6.45) is 2.17. The molecule has 0 aromatic heterocycles. The molecule has 8 nitrogen and oxygen atoms in total. The Morgan fingerprint density at radius 2 is 1.96 bits per heavy atom. The molecule has 2 amide bonds. The van der Waals surface area contributed by atoms with E-state index in [1.165, 1.54) is 12.1 Å². The number of nitro groups is 1. The SMILES string of the molecule is C[C@H](NC(=O)N1CCN(c2ccc([N+](=O)[O-])cc2)CC1)[C@@H]1CCCO1. The smallest absolute Gasteiger partial charge is 0.317 e. The predicted octanol–water partition coefficient (Wildman–Crippen LogP) is 1.99. The van der Waals surface area contributed by atoms with E-state index >= 15 is 0 Å². The Hall–Kier alpha value is -2.35. The van der Waals surface area contributed by atoms with Gasteiger partial charge in [-0.15, -0.1) is 0 Å². The molecule has 0 saturated carbocycles. The Morgan fingerprint density at radius 3 is 2.52 bits per heavy atom. The minimum absolute atomic E-state index is 0.0164. The topological polar surface area (TPSA) is 88.0 Å². The van der Waals surface area contributed by atoms with Crippen LogP contribution in [0.3, 0.4) is 0 Å². The van der Waals surface area contributed by atoms with Gasteiger partial charge < -0.3 is 19.9 Å². The van der Waals surface area contributed by atoms with Crippen LogP contribution in [-0.2, 0) is 4.74 Å². The number of anilines is 1. The van der Waals surface area contributed by atoms with Gasteiger partial charge in [-0.2, -0.15) is 0 Å². The van der Waals surface area contributed by atoms with Crippen molar-refractivity contribution in [3.63, 3.8) is 0 Å². The average Bonchev–Trinajstić information content (AvgIpc) is 3.17. The van der Waals surface area contributed by atoms with Crippen LogP contribution in [0.2, 0.25) is 0 Å². The predicted molar refractivity (Wildman–Crippen MR) is 93.9 cm³/mol. The van der Waals surface area contributed by atoms with E-state index in [-0.39, 0.29) is 23.9 Å². The first-order valence-corrected chi connectivity index (χ1v) is 8.71. The number of amides is 2. The molecular formula is C17H24N4O4. The van der Waals surface area contributed by atoms with E-state index in [4.69, 9.17) is 4.74 Å². The quantitative estimate of drug-likeness (QED) is 0.664. The molecule has 0 aliphatic carbocycles. The van der Waals surface area contributed by atoms with Gasteiger partial charge in [-0.05, 0) is 31.9 Å². The minimum atomic E-state index is -0.402. The van der Waals surface area contributed by atoms with Gasteiger partial charge in [-0.1, -0.05) is 0 Å². The first-order chi connectivity index (χ1) is 12.0. The molecular weight excluding hydrogens is 324 g/mol. The lowest BCUT2D eigenvalue weighted by molar-refractivity contribution is -0.384. The van der Waals surface area contributed by atoms with Crippen LogP contribution < -0.4 is 10.2 Å². The van der Waals surface area contributed by atoms with Crippen LogP contribution in [0.25, 0.3) is 0 Å². The Kier molecular flexibility index (Phi) is 5.37. The highest BCUT2D eigenvalue weighted by atomic mass is 16.6. The summed E-state index contributed by atoms with van der Waals surface area (Å²) in [5, 5.41) is 13.8. The van der Waals surface area contributed by atoms with Crippen LogP contribution in [0, 0.1) is 10.1 Å². The van der Waals surface area contributed by atoms with Gasteiger partial charge >= 0.3 is 6.03 Å². The number of nitrogens with zero attached hydrogens (tertiary/aromatic N) is 3. The summed E-state index contributed by atoms with van der Waals surface area (Å²) in [6, 6.07) is 6.50. The number of nitrogens with one attached hydrogen (secondary N) is 1. The lowest BCUT2D eigenvalue weighted by atomic mass is 10.1. The summed E-state index contributed by atoms with van der Waals surface area (Å²) in [4.78, 5) is 26.7. The second-order valence-corrected chi connectivity index (χ2v) is 6.54. The lowest BCUT2D eigenvalue weighted by Crippen LogP contribution is -2.54. The van der Waals surface area contributed by atoms with E-state index in [0.717, 1.165) is 25.1 Å². The van der Waals surface area contributed by atoms with Gasteiger partial charge in [0.15, 0.2) is 0 Å². The molecule has 8 heteroatoms. The molecule has 0 spiro atoms. The second-order valence-electron chi connectivity index (χ2n) is 6.54. The average molecular weight is 348 g/mol. The number of nitro benzene ring substituents is 1. The van der Waals surface area contributed by atoms with Gasteiger partial charge in [0.2, 0.25) is 0 Å². The maximum atomic E-state index is 12.4. The number of hydrogen-bond acceptors (Lipinski definition) is 5. The number of carbonyl (C=O) groups is 1. The number of carbonyl (C=O) groups excluding carboxylic acids is 1. The van der Waals surface area contributed by atoms with Crippen molar-refractivity contribution in [2.75, 3.05) is 37.7 Å². The molecule has 0 unspecified atom stereocenters. The van der Waals surface area contributed by atoms with Crippen molar-refractivity contribution in [1.29, 1.82) is 0 Å². The highest BCUT2D eigenvalue weighted by Gasteiger charge is 2.27. The van der Waals surface area contributed by atoms with Crippen molar-refractivity contribution in [2.45, 2.75) is 31.9 Å². The molecule has 2 aliphatic heterocycles. The first-order valence-electron chi connectivity index (χ1n) is 8.71. The Labute approximate surface area is 146 Å². The Morgan fingerprint density at radius 1 is 1.28 bits per heavy atom. The number of urea groups is 1. The number of hydrogen-bond donors (Lipinski definition) is 1. The number of rotatable bonds is 4. The molecule has 2 aliphatic rings. The summed E-state index contributed by atoms with van der Waals surface area (Å²) < 4.78 is 5.61. The number of ether oxygens (including phenoxy) is 1. The van der Waals surface area contributed by atoms with Gasteiger partial charge in [-0.25, -0.2) is 4.79 Å². The minimum Gasteiger partial charge on any atom is -0.376 e. The second kappa shape index (κ2) is 7.69. The molecule has 25 heavy (non-hydrogen) atoms. The monoisotopic (exact) mass is 348 g/mol. The Bertz CT molecular complexity index is 608. The molecule has 2 atom stereocenters. The third-order valence-electron chi connectivity index (χ3n) is 4.87. The van der Waals surface area contributed by atoms with Gasteiger partial charge in [-0.3, -0.25) is 10.1 Å². The van der Waals surface area contributed by atoms with Crippen LogP contribution in [0.15, 0.2) is 24.3 Å². The summed E-state index contributed by atoms with van der Waals surface area (Å²) in [5.41, 5.74) is 1.03. The molecule has 0 bridgehead atoms. The third-order valence-corrected chi connectivity index (χ3v) is 4.87. The van der Waals surface area contributed by atoms with Gasteiger partial charge in [0, 0.05) is 50.6 Å². The van der Waals surface area contributed by atoms with E-state index < -0.39 is 4.92 Å². The maximum absolute atomic E-state index is 12.4. The van der Waals surface area contributed by atoms with Crippen LogP contribution >= 0.6 is 0 Å². The first kappa shape index (κ1) is 17.5. The zero-order chi connectivity index (χ0) is 17.8. The highest BCUT2D eigenvalue weighted by Crippen LogP contribution is 2.21. The summed E-state index contributed by atoms with van der Waals surface area (Å²) >= 11 is 0. The van der Waals surface area contributed by atoms with E-state index in [2.05, 4.69) is 10.2 Å². The van der Waals surface area contributed by atoms with Crippen LogP contribution in [-0.4, -0.2) is 60.8 Å².